The zero-order chi connectivity index (χ0) is 19.2. The molecular weight excluding hydrogens is 334 g/mol. The van der Waals surface area contributed by atoms with Gasteiger partial charge in [0.05, 0.1) is 6.54 Å². The lowest BCUT2D eigenvalue weighted by atomic mass is 9.99. The molecule has 0 radical (unpaired) electrons. The number of amides is 1. The highest BCUT2D eigenvalue weighted by Crippen LogP contribution is 2.24. The van der Waals surface area contributed by atoms with E-state index in [-0.39, 0.29) is 12.5 Å². The SMILES string of the molecule is CC1CCN(c2ccc(NC(=O)CNc3ccc(C(C)C)cc3)cc2)CC1. The maximum Gasteiger partial charge on any atom is 0.243 e. The topological polar surface area (TPSA) is 44.4 Å². The molecule has 0 unspecified atom stereocenters. The van der Waals surface area contributed by atoms with Crippen LogP contribution in [0.25, 0.3) is 0 Å². The first-order chi connectivity index (χ1) is 13.0. The number of nitrogens with zero attached hydrogens (tertiary/aromatic N) is 1. The zero-order valence-corrected chi connectivity index (χ0v) is 16.7. The maximum absolute atomic E-state index is 12.2. The molecule has 2 aromatic rings. The van der Waals surface area contributed by atoms with Gasteiger partial charge in [0.1, 0.15) is 0 Å². The van der Waals surface area contributed by atoms with Crippen LogP contribution in [0.2, 0.25) is 0 Å². The standard InChI is InChI=1S/C23H31N3O/c1-17(2)19-4-6-20(7-5-19)24-16-23(27)25-21-8-10-22(11-9-21)26-14-12-18(3)13-15-26/h4-11,17-18,24H,12-16H2,1-3H3,(H,25,27). The van der Waals surface area contributed by atoms with E-state index < -0.39 is 0 Å². The van der Waals surface area contributed by atoms with Gasteiger partial charge >= 0.3 is 0 Å². The Labute approximate surface area is 163 Å². The van der Waals surface area contributed by atoms with Crippen LogP contribution in [-0.4, -0.2) is 25.5 Å². The summed E-state index contributed by atoms with van der Waals surface area (Å²) in [5.74, 6) is 1.30. The van der Waals surface area contributed by atoms with Crippen molar-refractivity contribution in [2.45, 2.75) is 39.5 Å². The summed E-state index contributed by atoms with van der Waals surface area (Å²) in [5, 5.41) is 6.14. The normalized spacial score (nSPS) is 15.0. The van der Waals surface area contributed by atoms with Crippen molar-refractivity contribution >= 4 is 23.0 Å². The molecule has 4 heteroatoms. The Kier molecular flexibility index (Phi) is 6.38. The van der Waals surface area contributed by atoms with Gasteiger partial charge in [0.2, 0.25) is 5.91 Å². The van der Waals surface area contributed by atoms with E-state index in [1.807, 2.05) is 24.3 Å². The van der Waals surface area contributed by atoms with Crippen LogP contribution in [0, 0.1) is 5.92 Å². The van der Waals surface area contributed by atoms with E-state index in [0.717, 1.165) is 30.4 Å². The molecule has 1 saturated heterocycles. The summed E-state index contributed by atoms with van der Waals surface area (Å²) in [6, 6.07) is 16.4. The van der Waals surface area contributed by atoms with Gasteiger partial charge in [-0.2, -0.15) is 0 Å². The fourth-order valence-electron chi connectivity index (χ4n) is 3.40. The number of anilines is 3. The predicted octanol–water partition coefficient (Wildman–Crippen LogP) is 5.10. The quantitative estimate of drug-likeness (QED) is 0.749. The molecule has 1 aliphatic rings. The van der Waals surface area contributed by atoms with Gasteiger partial charge in [0, 0.05) is 30.2 Å². The van der Waals surface area contributed by atoms with Gasteiger partial charge in [0.25, 0.3) is 0 Å². The fraction of sp³-hybridized carbons (Fsp3) is 0.435. The van der Waals surface area contributed by atoms with Crippen molar-refractivity contribution < 1.29 is 4.79 Å². The molecule has 144 valence electrons. The Morgan fingerprint density at radius 2 is 1.59 bits per heavy atom. The van der Waals surface area contributed by atoms with Crippen molar-refractivity contribution in [2.24, 2.45) is 5.92 Å². The number of nitrogens with one attached hydrogen (secondary N) is 2. The van der Waals surface area contributed by atoms with Crippen LogP contribution in [-0.2, 0) is 4.79 Å². The minimum atomic E-state index is -0.0394. The number of hydrogen-bond acceptors (Lipinski definition) is 3. The number of rotatable bonds is 6. The second kappa shape index (κ2) is 8.94. The highest BCUT2D eigenvalue weighted by Gasteiger charge is 2.15. The van der Waals surface area contributed by atoms with Crippen LogP contribution in [0.1, 0.15) is 45.1 Å². The minimum Gasteiger partial charge on any atom is -0.376 e. The van der Waals surface area contributed by atoms with Crippen LogP contribution >= 0.6 is 0 Å². The molecule has 1 aliphatic heterocycles. The molecule has 0 bridgehead atoms. The summed E-state index contributed by atoms with van der Waals surface area (Å²) in [4.78, 5) is 14.6. The van der Waals surface area contributed by atoms with Gasteiger partial charge in [-0.25, -0.2) is 0 Å². The number of piperidine rings is 1. The first kappa shape index (κ1) is 19.3. The largest absolute Gasteiger partial charge is 0.376 e. The Balaban J connectivity index is 1.47. The van der Waals surface area contributed by atoms with Gasteiger partial charge in [-0.3, -0.25) is 4.79 Å². The molecule has 1 heterocycles. The Bertz CT molecular complexity index is 729. The molecule has 3 rings (SSSR count). The molecule has 1 amide bonds. The second-order valence-electron chi connectivity index (χ2n) is 7.89. The third kappa shape index (κ3) is 5.49. The average Bonchev–Trinajstić information content (AvgIpc) is 2.68. The van der Waals surface area contributed by atoms with E-state index in [0.29, 0.717) is 5.92 Å². The Morgan fingerprint density at radius 3 is 2.19 bits per heavy atom. The smallest absolute Gasteiger partial charge is 0.243 e. The van der Waals surface area contributed by atoms with Crippen LogP contribution in [0.3, 0.4) is 0 Å². The number of carbonyl (C=O) groups is 1. The Morgan fingerprint density at radius 1 is 1.00 bits per heavy atom. The Hall–Kier alpha value is -2.49. The van der Waals surface area contributed by atoms with Crippen molar-refractivity contribution in [3.8, 4) is 0 Å². The summed E-state index contributed by atoms with van der Waals surface area (Å²) in [6.45, 7) is 9.16. The van der Waals surface area contributed by atoms with Crippen LogP contribution < -0.4 is 15.5 Å². The van der Waals surface area contributed by atoms with Crippen LogP contribution in [0.5, 0.6) is 0 Å². The van der Waals surface area contributed by atoms with Gasteiger partial charge in [-0.15, -0.1) is 0 Å². The highest BCUT2D eigenvalue weighted by atomic mass is 16.1. The second-order valence-corrected chi connectivity index (χ2v) is 7.89. The molecule has 27 heavy (non-hydrogen) atoms. The zero-order valence-electron chi connectivity index (χ0n) is 16.7. The van der Waals surface area contributed by atoms with E-state index in [1.165, 1.54) is 24.1 Å². The van der Waals surface area contributed by atoms with E-state index in [4.69, 9.17) is 0 Å². The summed E-state index contributed by atoms with van der Waals surface area (Å²) in [6.07, 6.45) is 2.50. The average molecular weight is 366 g/mol. The molecule has 0 atom stereocenters. The van der Waals surface area contributed by atoms with Crippen molar-refractivity contribution in [1.29, 1.82) is 0 Å². The van der Waals surface area contributed by atoms with Gasteiger partial charge < -0.3 is 15.5 Å². The summed E-state index contributed by atoms with van der Waals surface area (Å²) >= 11 is 0. The number of benzene rings is 2. The van der Waals surface area contributed by atoms with Gasteiger partial charge in [-0.05, 0) is 66.6 Å². The molecule has 4 nitrogen and oxygen atoms in total. The summed E-state index contributed by atoms with van der Waals surface area (Å²) in [5.41, 5.74) is 4.34. The molecule has 1 fully saturated rings. The van der Waals surface area contributed by atoms with Crippen molar-refractivity contribution in [1.82, 2.24) is 0 Å². The minimum absolute atomic E-state index is 0.0394. The van der Waals surface area contributed by atoms with Crippen molar-refractivity contribution in [3.05, 3.63) is 54.1 Å². The monoisotopic (exact) mass is 365 g/mol. The van der Waals surface area contributed by atoms with E-state index in [9.17, 15) is 4.79 Å². The highest BCUT2D eigenvalue weighted by molar-refractivity contribution is 5.93. The van der Waals surface area contributed by atoms with E-state index in [2.05, 4.69) is 60.6 Å². The molecule has 0 saturated carbocycles. The molecule has 2 aromatic carbocycles. The molecule has 0 spiro atoms. The number of hydrogen-bond donors (Lipinski definition) is 2. The first-order valence-corrected chi connectivity index (χ1v) is 10.00. The lowest BCUT2D eigenvalue weighted by Crippen LogP contribution is -2.32. The molecule has 0 aromatic heterocycles. The molecular formula is C23H31N3O. The van der Waals surface area contributed by atoms with Gasteiger partial charge in [0.15, 0.2) is 0 Å². The van der Waals surface area contributed by atoms with Crippen LogP contribution in [0.15, 0.2) is 48.5 Å². The maximum atomic E-state index is 12.2. The fourth-order valence-corrected chi connectivity index (χ4v) is 3.40. The first-order valence-electron chi connectivity index (χ1n) is 10.00. The van der Waals surface area contributed by atoms with E-state index >= 15 is 0 Å². The third-order valence-corrected chi connectivity index (χ3v) is 5.33. The predicted molar refractivity (Wildman–Crippen MR) is 115 cm³/mol. The number of carbonyl (C=O) groups excluding carboxylic acids is 1. The summed E-state index contributed by atoms with van der Waals surface area (Å²) in [7, 11) is 0. The van der Waals surface area contributed by atoms with Crippen molar-refractivity contribution in [3.63, 3.8) is 0 Å². The summed E-state index contributed by atoms with van der Waals surface area (Å²) < 4.78 is 0. The molecule has 0 aliphatic carbocycles. The lowest BCUT2D eigenvalue weighted by molar-refractivity contribution is -0.114. The third-order valence-electron chi connectivity index (χ3n) is 5.33. The van der Waals surface area contributed by atoms with Crippen LogP contribution in [0.4, 0.5) is 17.1 Å². The van der Waals surface area contributed by atoms with E-state index in [1.54, 1.807) is 0 Å². The molecule has 2 N–H and O–H groups in total. The van der Waals surface area contributed by atoms with Crippen molar-refractivity contribution in [2.75, 3.05) is 35.2 Å². The van der Waals surface area contributed by atoms with Gasteiger partial charge in [-0.1, -0.05) is 32.9 Å². The lowest BCUT2D eigenvalue weighted by Gasteiger charge is -2.32.